The maximum atomic E-state index is 12.3. The number of hydrogen-bond donors (Lipinski definition) is 1. The number of carbonyl (C=O) groups is 1. The average Bonchev–Trinajstić information content (AvgIpc) is 3.38. The Kier molecular flexibility index (Phi) is 5.93. The summed E-state index contributed by atoms with van der Waals surface area (Å²) in [5.41, 5.74) is 1.73. The zero-order valence-corrected chi connectivity index (χ0v) is 18.0. The summed E-state index contributed by atoms with van der Waals surface area (Å²) in [4.78, 5) is 16.8. The fraction of sp³-hybridized carbons (Fsp3) is 0.158. The summed E-state index contributed by atoms with van der Waals surface area (Å²) in [5, 5.41) is 12.1. The Labute approximate surface area is 179 Å². The number of carbonyl (C=O) groups excluding carboxylic acids is 1. The van der Waals surface area contributed by atoms with Gasteiger partial charge in [-0.15, -0.1) is 21.5 Å². The Balaban J connectivity index is 1.40. The van der Waals surface area contributed by atoms with Gasteiger partial charge >= 0.3 is 0 Å². The second-order valence-corrected chi connectivity index (χ2v) is 8.99. The van der Waals surface area contributed by atoms with Gasteiger partial charge in [0.1, 0.15) is 11.5 Å². The standard InChI is InChI=1S/C19H16N4O3S3/c1-25-11-7-8-12(14(9-11)26-2)17-22-23-18(29-17)21-16(24)10-27-19-20-13-5-3-4-6-15(13)28-19/h3-9H,10H2,1-2H3,(H,21,23,24). The molecule has 4 rings (SSSR count). The summed E-state index contributed by atoms with van der Waals surface area (Å²) in [5.74, 6) is 1.42. The van der Waals surface area contributed by atoms with Crippen LogP contribution in [0.4, 0.5) is 5.13 Å². The first-order valence-corrected chi connectivity index (χ1v) is 11.1. The van der Waals surface area contributed by atoms with Gasteiger partial charge in [-0.25, -0.2) is 4.98 Å². The number of ether oxygens (including phenoxy) is 2. The number of amides is 1. The minimum atomic E-state index is -0.154. The van der Waals surface area contributed by atoms with Crippen LogP contribution in [0.2, 0.25) is 0 Å². The molecule has 1 N–H and O–H groups in total. The van der Waals surface area contributed by atoms with Crippen molar-refractivity contribution >= 4 is 55.7 Å². The van der Waals surface area contributed by atoms with E-state index >= 15 is 0 Å². The minimum absolute atomic E-state index is 0.154. The molecule has 0 aliphatic rings. The maximum Gasteiger partial charge on any atom is 0.236 e. The normalized spacial score (nSPS) is 10.8. The van der Waals surface area contributed by atoms with E-state index in [0.29, 0.717) is 21.6 Å². The van der Waals surface area contributed by atoms with E-state index in [-0.39, 0.29) is 11.7 Å². The first-order chi connectivity index (χ1) is 14.2. The van der Waals surface area contributed by atoms with Crippen molar-refractivity contribution in [1.82, 2.24) is 15.2 Å². The predicted octanol–water partition coefficient (Wildman–Crippen LogP) is 4.56. The van der Waals surface area contributed by atoms with E-state index in [1.807, 2.05) is 36.4 Å². The Morgan fingerprint density at radius 3 is 2.76 bits per heavy atom. The van der Waals surface area contributed by atoms with Crippen LogP contribution in [0.3, 0.4) is 0 Å². The molecule has 0 spiro atoms. The summed E-state index contributed by atoms with van der Waals surface area (Å²) in [6.45, 7) is 0. The molecule has 1 amide bonds. The number of fused-ring (bicyclic) bond motifs is 1. The smallest absolute Gasteiger partial charge is 0.236 e. The van der Waals surface area contributed by atoms with Crippen molar-refractivity contribution in [3.63, 3.8) is 0 Å². The van der Waals surface area contributed by atoms with Gasteiger partial charge in [0.2, 0.25) is 11.0 Å². The quantitative estimate of drug-likeness (QED) is 0.418. The van der Waals surface area contributed by atoms with Gasteiger partial charge in [-0.3, -0.25) is 10.1 Å². The highest BCUT2D eigenvalue weighted by Gasteiger charge is 2.15. The molecule has 0 unspecified atom stereocenters. The van der Waals surface area contributed by atoms with Crippen LogP contribution in [0.1, 0.15) is 0 Å². The average molecular weight is 445 g/mol. The molecule has 2 heterocycles. The van der Waals surface area contributed by atoms with Gasteiger partial charge in [0.25, 0.3) is 0 Å². The van der Waals surface area contributed by atoms with Crippen molar-refractivity contribution in [3.05, 3.63) is 42.5 Å². The summed E-state index contributed by atoms with van der Waals surface area (Å²) in [6.07, 6.45) is 0. The molecular weight excluding hydrogens is 428 g/mol. The molecule has 4 aromatic rings. The summed E-state index contributed by atoms with van der Waals surface area (Å²) >= 11 is 4.27. The van der Waals surface area contributed by atoms with Crippen molar-refractivity contribution < 1.29 is 14.3 Å². The van der Waals surface area contributed by atoms with E-state index in [1.54, 1.807) is 31.6 Å². The number of thiazole rings is 1. The molecule has 7 nitrogen and oxygen atoms in total. The van der Waals surface area contributed by atoms with Crippen molar-refractivity contribution in [2.75, 3.05) is 25.3 Å². The summed E-state index contributed by atoms with van der Waals surface area (Å²) < 4.78 is 12.6. The molecule has 0 fully saturated rings. The van der Waals surface area contributed by atoms with E-state index in [9.17, 15) is 4.79 Å². The topological polar surface area (TPSA) is 86.2 Å². The fourth-order valence-electron chi connectivity index (χ4n) is 2.55. The number of anilines is 1. The molecule has 2 aromatic heterocycles. The Morgan fingerprint density at radius 1 is 1.10 bits per heavy atom. The Morgan fingerprint density at radius 2 is 1.97 bits per heavy atom. The molecule has 0 aliphatic heterocycles. The van der Waals surface area contributed by atoms with Crippen LogP contribution < -0.4 is 14.8 Å². The fourth-order valence-corrected chi connectivity index (χ4v) is 5.21. The van der Waals surface area contributed by atoms with Crippen molar-refractivity contribution in [2.24, 2.45) is 0 Å². The number of hydrogen-bond acceptors (Lipinski definition) is 9. The molecular formula is C19H16N4O3S3. The van der Waals surface area contributed by atoms with E-state index in [1.165, 1.54) is 23.1 Å². The van der Waals surface area contributed by atoms with E-state index in [2.05, 4.69) is 20.5 Å². The molecule has 0 atom stereocenters. The molecule has 29 heavy (non-hydrogen) atoms. The molecule has 0 saturated heterocycles. The van der Waals surface area contributed by atoms with E-state index in [0.717, 1.165) is 20.1 Å². The monoisotopic (exact) mass is 444 g/mol. The third kappa shape index (κ3) is 4.50. The van der Waals surface area contributed by atoms with E-state index < -0.39 is 0 Å². The zero-order chi connectivity index (χ0) is 20.2. The molecule has 10 heteroatoms. The third-order valence-electron chi connectivity index (χ3n) is 3.91. The van der Waals surface area contributed by atoms with Gasteiger partial charge in [-0.1, -0.05) is 35.2 Å². The van der Waals surface area contributed by atoms with Crippen LogP contribution in [-0.2, 0) is 4.79 Å². The number of aromatic nitrogens is 3. The number of thioether (sulfide) groups is 1. The molecule has 0 bridgehead atoms. The third-order valence-corrected chi connectivity index (χ3v) is 6.96. The molecule has 0 radical (unpaired) electrons. The van der Waals surface area contributed by atoms with Gasteiger partial charge in [-0.2, -0.15) is 0 Å². The largest absolute Gasteiger partial charge is 0.497 e. The number of benzene rings is 2. The Bertz CT molecular complexity index is 1130. The van der Waals surface area contributed by atoms with Gasteiger partial charge in [0, 0.05) is 6.07 Å². The second kappa shape index (κ2) is 8.76. The minimum Gasteiger partial charge on any atom is -0.497 e. The van der Waals surface area contributed by atoms with Gasteiger partial charge < -0.3 is 9.47 Å². The van der Waals surface area contributed by atoms with Gasteiger partial charge in [0.15, 0.2) is 9.35 Å². The molecule has 148 valence electrons. The number of rotatable bonds is 7. The van der Waals surface area contributed by atoms with Gasteiger partial charge in [0.05, 0.1) is 35.8 Å². The van der Waals surface area contributed by atoms with Crippen LogP contribution in [0.25, 0.3) is 20.8 Å². The van der Waals surface area contributed by atoms with Crippen LogP contribution in [-0.4, -0.2) is 41.1 Å². The first kappa shape index (κ1) is 19.6. The van der Waals surface area contributed by atoms with Gasteiger partial charge in [-0.05, 0) is 24.3 Å². The summed E-state index contributed by atoms with van der Waals surface area (Å²) in [6, 6.07) is 13.4. The predicted molar refractivity (Wildman–Crippen MR) is 117 cm³/mol. The van der Waals surface area contributed by atoms with Crippen molar-refractivity contribution in [2.45, 2.75) is 4.34 Å². The SMILES string of the molecule is COc1ccc(-c2nnc(NC(=O)CSc3nc4ccccc4s3)s2)c(OC)c1. The summed E-state index contributed by atoms with van der Waals surface area (Å²) in [7, 11) is 3.18. The lowest BCUT2D eigenvalue weighted by atomic mass is 10.2. The van der Waals surface area contributed by atoms with Crippen LogP contribution in [0, 0.1) is 0 Å². The maximum absolute atomic E-state index is 12.3. The molecule has 0 aliphatic carbocycles. The van der Waals surface area contributed by atoms with Crippen LogP contribution >= 0.6 is 34.4 Å². The highest BCUT2D eigenvalue weighted by Crippen LogP contribution is 2.36. The highest BCUT2D eigenvalue weighted by atomic mass is 32.2. The lowest BCUT2D eigenvalue weighted by Gasteiger charge is -2.07. The van der Waals surface area contributed by atoms with E-state index in [4.69, 9.17) is 9.47 Å². The number of nitrogens with one attached hydrogen (secondary N) is 1. The second-order valence-electron chi connectivity index (χ2n) is 5.76. The Hall–Kier alpha value is -2.69. The van der Waals surface area contributed by atoms with Crippen LogP contribution in [0.5, 0.6) is 11.5 Å². The number of para-hydroxylation sites is 1. The van der Waals surface area contributed by atoms with Crippen molar-refractivity contribution in [3.8, 4) is 22.1 Å². The lowest BCUT2D eigenvalue weighted by molar-refractivity contribution is -0.113. The van der Waals surface area contributed by atoms with Crippen LogP contribution in [0.15, 0.2) is 46.8 Å². The first-order valence-electron chi connectivity index (χ1n) is 8.50. The number of nitrogens with zero attached hydrogens (tertiary/aromatic N) is 3. The highest BCUT2D eigenvalue weighted by molar-refractivity contribution is 8.01. The van der Waals surface area contributed by atoms with Crippen molar-refractivity contribution in [1.29, 1.82) is 0 Å². The molecule has 2 aromatic carbocycles. The lowest BCUT2D eigenvalue weighted by Crippen LogP contribution is -2.13. The zero-order valence-electron chi connectivity index (χ0n) is 15.5. The molecule has 0 saturated carbocycles. The number of methoxy groups -OCH3 is 2.